The van der Waals surface area contributed by atoms with Gasteiger partial charge in [-0.2, -0.15) is 0 Å². The summed E-state index contributed by atoms with van der Waals surface area (Å²) in [6.07, 6.45) is 10.3. The third-order valence-electron chi connectivity index (χ3n) is 7.20. The van der Waals surface area contributed by atoms with Crippen molar-refractivity contribution in [1.29, 1.82) is 0 Å². The number of hydrogen-bond acceptors (Lipinski definition) is 3. The first-order valence-corrected chi connectivity index (χ1v) is 10.8. The van der Waals surface area contributed by atoms with Crippen LogP contribution in [0.5, 0.6) is 5.75 Å². The zero-order valence-corrected chi connectivity index (χ0v) is 17.1. The van der Waals surface area contributed by atoms with E-state index in [0.29, 0.717) is 5.75 Å². The molecule has 0 atom stereocenters. The van der Waals surface area contributed by atoms with Crippen molar-refractivity contribution in [2.45, 2.75) is 76.8 Å². The van der Waals surface area contributed by atoms with Crippen molar-refractivity contribution in [3.05, 3.63) is 29.8 Å². The highest BCUT2D eigenvalue weighted by Crippen LogP contribution is 2.44. The quantitative estimate of drug-likeness (QED) is 0.776. The Balaban J connectivity index is 1.71. The maximum absolute atomic E-state index is 10.0. The van der Waals surface area contributed by atoms with Gasteiger partial charge in [-0.3, -0.25) is 4.90 Å². The second-order valence-corrected chi connectivity index (χ2v) is 8.62. The fourth-order valence-corrected chi connectivity index (χ4v) is 5.41. The van der Waals surface area contributed by atoms with Gasteiger partial charge < -0.3 is 10.0 Å². The van der Waals surface area contributed by atoms with Gasteiger partial charge in [0.05, 0.1) is 0 Å². The predicted octanol–water partition coefficient (Wildman–Crippen LogP) is 4.99. The van der Waals surface area contributed by atoms with Gasteiger partial charge in [0.2, 0.25) is 0 Å². The summed E-state index contributed by atoms with van der Waals surface area (Å²) in [7, 11) is 2.28. The summed E-state index contributed by atoms with van der Waals surface area (Å²) in [4.78, 5) is 5.33. The molecule has 0 radical (unpaired) electrons. The molecule has 1 heterocycles. The molecule has 1 aromatic carbocycles. The Kier molecular flexibility index (Phi) is 6.63. The fraction of sp³-hybridized carbons (Fsp3) is 0.739. The van der Waals surface area contributed by atoms with Crippen LogP contribution in [0.3, 0.4) is 0 Å². The number of likely N-dealkylation sites (tertiary alicyclic amines) is 1. The van der Waals surface area contributed by atoms with Crippen LogP contribution in [0.4, 0.5) is 0 Å². The van der Waals surface area contributed by atoms with Crippen molar-refractivity contribution in [1.82, 2.24) is 9.80 Å². The summed E-state index contributed by atoms with van der Waals surface area (Å²) >= 11 is 0. The zero-order chi connectivity index (χ0) is 18.6. The molecular formula is C23H38N2O. The normalized spacial score (nSPS) is 28.5. The number of nitrogens with zero attached hydrogens (tertiary/aromatic N) is 2. The molecule has 1 aliphatic carbocycles. The Morgan fingerprint density at radius 3 is 2.38 bits per heavy atom. The second-order valence-electron chi connectivity index (χ2n) is 8.62. The zero-order valence-electron chi connectivity index (χ0n) is 17.1. The van der Waals surface area contributed by atoms with Gasteiger partial charge in [-0.05, 0) is 95.2 Å². The molecule has 0 bridgehead atoms. The van der Waals surface area contributed by atoms with Gasteiger partial charge in [-0.15, -0.1) is 0 Å². The summed E-state index contributed by atoms with van der Waals surface area (Å²) in [5, 5.41) is 10.0. The second kappa shape index (κ2) is 8.75. The first-order valence-electron chi connectivity index (χ1n) is 10.8. The summed E-state index contributed by atoms with van der Waals surface area (Å²) in [6, 6.07) is 8.78. The van der Waals surface area contributed by atoms with Gasteiger partial charge in [0.15, 0.2) is 0 Å². The van der Waals surface area contributed by atoms with Crippen molar-refractivity contribution < 1.29 is 5.11 Å². The first kappa shape index (κ1) is 19.7. The monoisotopic (exact) mass is 358 g/mol. The van der Waals surface area contributed by atoms with Crippen LogP contribution in [0.1, 0.15) is 70.8 Å². The molecule has 2 aliphatic rings. The molecule has 1 saturated carbocycles. The summed E-state index contributed by atoms with van der Waals surface area (Å²) < 4.78 is 0. The molecule has 0 unspecified atom stereocenters. The van der Waals surface area contributed by atoms with Gasteiger partial charge in [-0.25, -0.2) is 0 Å². The van der Waals surface area contributed by atoms with Crippen LogP contribution >= 0.6 is 0 Å². The lowest BCUT2D eigenvalue weighted by atomic mass is 9.73. The molecule has 0 aromatic heterocycles. The highest BCUT2D eigenvalue weighted by molar-refractivity contribution is 5.33. The minimum Gasteiger partial charge on any atom is -0.508 e. The van der Waals surface area contributed by atoms with E-state index in [-0.39, 0.29) is 5.54 Å². The molecule has 1 N–H and O–H groups in total. The van der Waals surface area contributed by atoms with Crippen LogP contribution in [0.2, 0.25) is 0 Å². The number of piperidine rings is 1. The molecule has 146 valence electrons. The van der Waals surface area contributed by atoms with Gasteiger partial charge in [-0.1, -0.05) is 32.4 Å². The van der Waals surface area contributed by atoms with Crippen molar-refractivity contribution in [3.8, 4) is 5.75 Å². The molecule has 3 nitrogen and oxygen atoms in total. The Bertz CT molecular complexity index is 557. The molecule has 3 heteroatoms. The molecule has 1 saturated heterocycles. The Morgan fingerprint density at radius 1 is 1.12 bits per heavy atom. The van der Waals surface area contributed by atoms with E-state index in [2.05, 4.69) is 36.8 Å². The summed E-state index contributed by atoms with van der Waals surface area (Å²) in [5.41, 5.74) is 1.39. The predicted molar refractivity (Wildman–Crippen MR) is 110 cm³/mol. The number of benzene rings is 1. The standard InChI is InChI=1S/C23H38N2O/c1-4-15-24(3)23(20-7-6-8-22(26)18-20)13-9-21(10-14-23)25-16-11-19(5-2)12-17-25/h6-8,18-19,21,26H,4-5,9-17H2,1-3H3. The molecule has 1 aromatic rings. The molecule has 26 heavy (non-hydrogen) atoms. The van der Waals surface area contributed by atoms with E-state index in [1.165, 1.54) is 70.0 Å². The highest BCUT2D eigenvalue weighted by Gasteiger charge is 2.41. The van der Waals surface area contributed by atoms with Crippen LogP contribution in [-0.4, -0.2) is 47.6 Å². The number of hydrogen-bond donors (Lipinski definition) is 1. The third-order valence-corrected chi connectivity index (χ3v) is 7.20. The van der Waals surface area contributed by atoms with E-state index in [1.807, 2.05) is 12.1 Å². The van der Waals surface area contributed by atoms with Crippen molar-refractivity contribution in [2.75, 3.05) is 26.7 Å². The average Bonchev–Trinajstić information content (AvgIpc) is 2.68. The van der Waals surface area contributed by atoms with Gasteiger partial charge in [0, 0.05) is 11.6 Å². The third kappa shape index (κ3) is 4.09. The van der Waals surface area contributed by atoms with E-state index >= 15 is 0 Å². The highest BCUT2D eigenvalue weighted by atomic mass is 16.3. The molecular weight excluding hydrogens is 320 g/mol. The van der Waals surface area contributed by atoms with Crippen LogP contribution < -0.4 is 0 Å². The number of phenolic OH excluding ortho intramolecular Hbond substituents is 1. The van der Waals surface area contributed by atoms with Gasteiger partial charge >= 0.3 is 0 Å². The maximum Gasteiger partial charge on any atom is 0.115 e. The molecule has 0 spiro atoms. The molecule has 2 fully saturated rings. The van der Waals surface area contributed by atoms with Crippen molar-refractivity contribution in [3.63, 3.8) is 0 Å². The number of aromatic hydroxyl groups is 1. The lowest BCUT2D eigenvalue weighted by Gasteiger charge is -2.49. The largest absolute Gasteiger partial charge is 0.508 e. The average molecular weight is 359 g/mol. The van der Waals surface area contributed by atoms with Crippen molar-refractivity contribution >= 4 is 0 Å². The van der Waals surface area contributed by atoms with Crippen molar-refractivity contribution in [2.24, 2.45) is 5.92 Å². The van der Waals surface area contributed by atoms with E-state index in [9.17, 15) is 5.11 Å². The lowest BCUT2D eigenvalue weighted by Crippen LogP contribution is -2.51. The van der Waals surface area contributed by atoms with Crippen LogP contribution in [0.25, 0.3) is 0 Å². The molecule has 1 aliphatic heterocycles. The van der Waals surface area contributed by atoms with E-state index in [0.717, 1.165) is 18.5 Å². The fourth-order valence-electron chi connectivity index (χ4n) is 5.41. The van der Waals surface area contributed by atoms with Crippen LogP contribution in [-0.2, 0) is 5.54 Å². The SMILES string of the molecule is CCCN(C)C1(c2cccc(O)c2)CCC(N2CCC(CC)CC2)CC1. The summed E-state index contributed by atoms with van der Waals surface area (Å²) in [6.45, 7) is 8.31. The smallest absolute Gasteiger partial charge is 0.115 e. The minimum absolute atomic E-state index is 0.0903. The Hall–Kier alpha value is -1.06. The van der Waals surface area contributed by atoms with Crippen LogP contribution in [0, 0.1) is 5.92 Å². The summed E-state index contributed by atoms with van der Waals surface area (Å²) in [5.74, 6) is 1.35. The van der Waals surface area contributed by atoms with E-state index in [1.54, 1.807) is 6.07 Å². The Labute approximate surface area is 160 Å². The van der Waals surface area contributed by atoms with Gasteiger partial charge in [0.1, 0.15) is 5.75 Å². The van der Waals surface area contributed by atoms with Crippen LogP contribution in [0.15, 0.2) is 24.3 Å². The molecule has 3 rings (SSSR count). The number of rotatable bonds is 6. The minimum atomic E-state index is 0.0903. The maximum atomic E-state index is 10.0. The number of phenols is 1. The Morgan fingerprint density at radius 2 is 1.81 bits per heavy atom. The topological polar surface area (TPSA) is 26.7 Å². The van der Waals surface area contributed by atoms with Gasteiger partial charge in [0.25, 0.3) is 0 Å². The van der Waals surface area contributed by atoms with E-state index in [4.69, 9.17) is 0 Å². The lowest BCUT2D eigenvalue weighted by molar-refractivity contribution is 0.0228. The molecule has 0 amide bonds. The first-order chi connectivity index (χ1) is 12.6. The van der Waals surface area contributed by atoms with E-state index < -0.39 is 0 Å².